The zero-order valence-electron chi connectivity index (χ0n) is 9.55. The molecule has 0 spiro atoms. The SMILES string of the molecule is C=C(C)C(=O)N(CCCN)C(C(=O)O)C(=O)O. The Labute approximate surface area is 98.5 Å². The fourth-order valence-electron chi connectivity index (χ4n) is 1.23. The van der Waals surface area contributed by atoms with Crippen molar-refractivity contribution in [2.24, 2.45) is 5.73 Å². The maximum Gasteiger partial charge on any atom is 0.338 e. The first kappa shape index (κ1) is 15.1. The first-order valence-corrected chi connectivity index (χ1v) is 4.95. The Bertz CT molecular complexity index is 326. The summed E-state index contributed by atoms with van der Waals surface area (Å²) in [4.78, 5) is 34.1. The summed E-state index contributed by atoms with van der Waals surface area (Å²) in [6.45, 7) is 4.96. The first-order valence-electron chi connectivity index (χ1n) is 4.95. The minimum absolute atomic E-state index is 0.0362. The Kier molecular flexibility index (Phi) is 5.90. The molecule has 4 N–H and O–H groups in total. The second-order valence-electron chi connectivity index (χ2n) is 3.50. The highest BCUT2D eigenvalue weighted by Crippen LogP contribution is 2.07. The minimum Gasteiger partial charge on any atom is -0.479 e. The molecule has 1 amide bonds. The fraction of sp³-hybridized carbons (Fsp3) is 0.500. The minimum atomic E-state index is -1.91. The van der Waals surface area contributed by atoms with Crippen LogP contribution in [-0.2, 0) is 14.4 Å². The van der Waals surface area contributed by atoms with Gasteiger partial charge in [0.1, 0.15) is 0 Å². The van der Waals surface area contributed by atoms with E-state index >= 15 is 0 Å². The number of carbonyl (C=O) groups excluding carboxylic acids is 1. The van der Waals surface area contributed by atoms with Crippen molar-refractivity contribution in [1.82, 2.24) is 4.90 Å². The number of rotatable bonds is 7. The molecule has 0 atom stereocenters. The number of hydrogen-bond acceptors (Lipinski definition) is 4. The maximum atomic E-state index is 11.7. The molecular weight excluding hydrogens is 228 g/mol. The van der Waals surface area contributed by atoms with E-state index in [1.54, 1.807) is 0 Å². The third-order valence-corrected chi connectivity index (χ3v) is 2.01. The summed E-state index contributed by atoms with van der Waals surface area (Å²) in [6.07, 6.45) is 0.316. The van der Waals surface area contributed by atoms with Crippen molar-refractivity contribution >= 4 is 17.8 Å². The molecule has 0 heterocycles. The number of nitrogens with zero attached hydrogens (tertiary/aromatic N) is 1. The van der Waals surface area contributed by atoms with Gasteiger partial charge in [0.15, 0.2) is 0 Å². The van der Waals surface area contributed by atoms with Gasteiger partial charge in [0.2, 0.25) is 11.9 Å². The highest BCUT2D eigenvalue weighted by Gasteiger charge is 2.35. The van der Waals surface area contributed by atoms with Gasteiger partial charge >= 0.3 is 11.9 Å². The molecule has 96 valence electrons. The van der Waals surface area contributed by atoms with E-state index in [-0.39, 0.29) is 18.7 Å². The third-order valence-electron chi connectivity index (χ3n) is 2.01. The maximum absolute atomic E-state index is 11.7. The van der Waals surface area contributed by atoms with Crippen LogP contribution in [0, 0.1) is 0 Å². The molecule has 0 aliphatic rings. The average molecular weight is 244 g/mol. The highest BCUT2D eigenvalue weighted by molar-refractivity contribution is 6.03. The molecule has 17 heavy (non-hydrogen) atoms. The number of carbonyl (C=O) groups is 3. The lowest BCUT2D eigenvalue weighted by Gasteiger charge is -2.26. The van der Waals surface area contributed by atoms with Crippen LogP contribution in [0.25, 0.3) is 0 Å². The molecule has 0 fully saturated rings. The van der Waals surface area contributed by atoms with Crippen LogP contribution < -0.4 is 5.73 Å². The van der Waals surface area contributed by atoms with E-state index in [1.165, 1.54) is 6.92 Å². The van der Waals surface area contributed by atoms with Crippen LogP contribution in [0.2, 0.25) is 0 Å². The Morgan fingerprint density at radius 3 is 2.06 bits per heavy atom. The van der Waals surface area contributed by atoms with Gasteiger partial charge in [-0.25, -0.2) is 9.59 Å². The zero-order valence-corrected chi connectivity index (χ0v) is 9.55. The quantitative estimate of drug-likeness (QED) is 0.401. The van der Waals surface area contributed by atoms with Gasteiger partial charge in [0, 0.05) is 12.1 Å². The fourth-order valence-corrected chi connectivity index (χ4v) is 1.23. The van der Waals surface area contributed by atoms with E-state index in [9.17, 15) is 14.4 Å². The van der Waals surface area contributed by atoms with Crippen LogP contribution in [0.3, 0.4) is 0 Å². The molecule has 7 nitrogen and oxygen atoms in total. The van der Waals surface area contributed by atoms with E-state index in [4.69, 9.17) is 15.9 Å². The van der Waals surface area contributed by atoms with Crippen molar-refractivity contribution in [3.63, 3.8) is 0 Å². The third kappa shape index (κ3) is 4.23. The molecule has 0 aliphatic heterocycles. The van der Waals surface area contributed by atoms with Gasteiger partial charge in [0.25, 0.3) is 0 Å². The van der Waals surface area contributed by atoms with Gasteiger partial charge in [-0.2, -0.15) is 0 Å². The van der Waals surface area contributed by atoms with Gasteiger partial charge < -0.3 is 20.8 Å². The summed E-state index contributed by atoms with van der Waals surface area (Å²) in [7, 11) is 0. The highest BCUT2D eigenvalue weighted by atomic mass is 16.4. The molecule has 0 aromatic heterocycles. The Balaban J connectivity index is 5.12. The van der Waals surface area contributed by atoms with Gasteiger partial charge in [0.05, 0.1) is 0 Å². The molecule has 0 unspecified atom stereocenters. The molecule has 0 aliphatic carbocycles. The Hall–Kier alpha value is -1.89. The Morgan fingerprint density at radius 2 is 1.76 bits per heavy atom. The summed E-state index contributed by atoms with van der Waals surface area (Å²) in [5.74, 6) is -3.89. The predicted molar refractivity (Wildman–Crippen MR) is 59.3 cm³/mol. The van der Waals surface area contributed by atoms with Crippen molar-refractivity contribution < 1.29 is 24.6 Å². The normalized spacial score (nSPS) is 10.1. The van der Waals surface area contributed by atoms with Crippen LogP contribution in [-0.4, -0.2) is 52.1 Å². The van der Waals surface area contributed by atoms with Gasteiger partial charge in [-0.05, 0) is 19.9 Å². The average Bonchev–Trinajstić information content (AvgIpc) is 2.21. The summed E-state index contributed by atoms with van der Waals surface area (Å²) in [5, 5.41) is 17.6. The van der Waals surface area contributed by atoms with Gasteiger partial charge in [-0.1, -0.05) is 6.58 Å². The van der Waals surface area contributed by atoms with Crippen LogP contribution in [0.5, 0.6) is 0 Å². The molecule has 0 bridgehead atoms. The van der Waals surface area contributed by atoms with Crippen LogP contribution in [0.15, 0.2) is 12.2 Å². The van der Waals surface area contributed by atoms with E-state index in [0.29, 0.717) is 6.42 Å². The van der Waals surface area contributed by atoms with Crippen molar-refractivity contribution in [2.45, 2.75) is 19.4 Å². The summed E-state index contributed by atoms with van der Waals surface area (Å²) >= 11 is 0. The summed E-state index contributed by atoms with van der Waals surface area (Å²) < 4.78 is 0. The zero-order chi connectivity index (χ0) is 13.6. The van der Waals surface area contributed by atoms with Gasteiger partial charge in [-0.3, -0.25) is 4.79 Å². The first-order chi connectivity index (χ1) is 7.82. The van der Waals surface area contributed by atoms with Gasteiger partial charge in [-0.15, -0.1) is 0 Å². The van der Waals surface area contributed by atoms with Crippen molar-refractivity contribution in [3.05, 3.63) is 12.2 Å². The lowest BCUT2D eigenvalue weighted by atomic mass is 10.2. The largest absolute Gasteiger partial charge is 0.479 e. The van der Waals surface area contributed by atoms with Crippen LogP contribution in [0.4, 0.5) is 0 Å². The molecule has 0 rings (SSSR count). The smallest absolute Gasteiger partial charge is 0.338 e. The molecule has 0 saturated heterocycles. The number of carboxylic acids is 2. The number of carboxylic acid groups (broad SMARTS) is 2. The van der Waals surface area contributed by atoms with Crippen molar-refractivity contribution in [3.8, 4) is 0 Å². The van der Waals surface area contributed by atoms with Crippen molar-refractivity contribution in [1.29, 1.82) is 0 Å². The second-order valence-corrected chi connectivity index (χ2v) is 3.50. The van der Waals surface area contributed by atoms with E-state index in [1.807, 2.05) is 0 Å². The van der Waals surface area contributed by atoms with Crippen molar-refractivity contribution in [2.75, 3.05) is 13.1 Å². The topological polar surface area (TPSA) is 121 Å². The van der Waals surface area contributed by atoms with Crippen LogP contribution >= 0.6 is 0 Å². The van der Waals surface area contributed by atoms with E-state index < -0.39 is 23.9 Å². The molecule has 0 radical (unpaired) electrons. The second kappa shape index (κ2) is 6.64. The van der Waals surface area contributed by atoms with Crippen LogP contribution in [0.1, 0.15) is 13.3 Å². The standard InChI is InChI=1S/C10H16N2O5/c1-6(2)8(13)12(5-3-4-11)7(9(14)15)10(16)17/h7H,1,3-5,11H2,2H3,(H,14,15)(H,16,17). The van der Waals surface area contributed by atoms with E-state index in [2.05, 4.69) is 6.58 Å². The molecule has 7 heteroatoms. The number of amides is 1. The monoisotopic (exact) mass is 244 g/mol. The number of nitrogens with two attached hydrogens (primary N) is 1. The number of aliphatic carboxylic acids is 2. The lowest BCUT2D eigenvalue weighted by Crippen LogP contribution is -2.50. The summed E-state index contributed by atoms with van der Waals surface area (Å²) in [6, 6.07) is -1.91. The van der Waals surface area contributed by atoms with E-state index in [0.717, 1.165) is 4.90 Å². The molecule has 0 aromatic carbocycles. The molecular formula is C10H16N2O5. The predicted octanol–water partition coefficient (Wildman–Crippen LogP) is -0.722. The Morgan fingerprint density at radius 1 is 1.29 bits per heavy atom. The summed E-state index contributed by atoms with van der Waals surface area (Å²) in [5.41, 5.74) is 5.33. The number of hydrogen-bond donors (Lipinski definition) is 3. The molecule has 0 aromatic rings. The molecule has 0 saturated carbocycles. The lowest BCUT2D eigenvalue weighted by molar-refractivity contribution is -0.160.